The van der Waals surface area contributed by atoms with E-state index in [0.717, 1.165) is 5.56 Å². The van der Waals surface area contributed by atoms with Crippen molar-refractivity contribution in [3.63, 3.8) is 0 Å². The molecule has 1 amide bonds. The fourth-order valence-electron chi connectivity index (χ4n) is 2.31. The molecule has 1 fully saturated rings. The lowest BCUT2D eigenvalue weighted by Crippen LogP contribution is -2.23. The van der Waals surface area contributed by atoms with Crippen molar-refractivity contribution >= 4 is 51.7 Å². The number of thioether (sulfide) groups is 1. The number of fused-ring (bicyclic) bond motifs is 1. The predicted molar refractivity (Wildman–Crippen MR) is 96.7 cm³/mol. The van der Waals surface area contributed by atoms with E-state index in [1.165, 1.54) is 21.1 Å². The largest absolute Gasteiger partial charge is 0.372 e. The molecule has 3 heterocycles. The Morgan fingerprint density at radius 1 is 1.39 bits per heavy atom. The highest BCUT2D eigenvalue weighted by Gasteiger charge is 2.29. The minimum atomic E-state index is -0.232. The van der Waals surface area contributed by atoms with Crippen LogP contribution >= 0.6 is 24.0 Å². The van der Waals surface area contributed by atoms with Crippen molar-refractivity contribution in [3.05, 3.63) is 44.7 Å². The molecule has 3 rings (SSSR count). The van der Waals surface area contributed by atoms with Crippen molar-refractivity contribution in [3.8, 4) is 0 Å². The van der Waals surface area contributed by atoms with Gasteiger partial charge in [0, 0.05) is 20.3 Å². The number of carbonyl (C=O) groups is 1. The third kappa shape index (κ3) is 2.53. The van der Waals surface area contributed by atoms with Gasteiger partial charge in [-0.1, -0.05) is 30.0 Å². The summed E-state index contributed by atoms with van der Waals surface area (Å²) in [7, 11) is 3.31. The van der Waals surface area contributed by atoms with Crippen molar-refractivity contribution in [2.45, 2.75) is 6.92 Å². The van der Waals surface area contributed by atoms with Gasteiger partial charge in [0.15, 0.2) is 0 Å². The van der Waals surface area contributed by atoms with Crippen LogP contribution < -0.4 is 10.9 Å². The fourth-order valence-corrected chi connectivity index (χ4v) is 3.47. The van der Waals surface area contributed by atoms with Crippen LogP contribution in [0.1, 0.15) is 11.1 Å². The number of rotatable bonds is 2. The van der Waals surface area contributed by atoms with Crippen LogP contribution in [0.3, 0.4) is 0 Å². The van der Waals surface area contributed by atoms with Crippen molar-refractivity contribution in [2.75, 3.05) is 19.4 Å². The van der Waals surface area contributed by atoms with Gasteiger partial charge in [0.05, 0.1) is 10.5 Å². The third-order valence-electron chi connectivity index (χ3n) is 3.58. The predicted octanol–water partition coefficient (Wildman–Crippen LogP) is 1.88. The van der Waals surface area contributed by atoms with Crippen LogP contribution in [0.5, 0.6) is 0 Å². The highest BCUT2D eigenvalue weighted by atomic mass is 32.2. The van der Waals surface area contributed by atoms with E-state index in [0.29, 0.717) is 26.3 Å². The molecule has 23 heavy (non-hydrogen) atoms. The number of hydrogen-bond donors (Lipinski definition) is 1. The molecule has 0 aromatic carbocycles. The highest BCUT2D eigenvalue weighted by Crippen LogP contribution is 2.31. The quantitative estimate of drug-likeness (QED) is 0.661. The standard InChI is InChI=1S/C15H14N4O2S2/c1-8-5-4-6-19-12(8)17-11(16-2)9(13(19)20)7-10-14(21)18(3)15(22)23-10/h4-7,16H,1-3H3/b10-7-. The first-order valence-corrected chi connectivity index (χ1v) is 8.08. The maximum atomic E-state index is 12.8. The van der Waals surface area contributed by atoms with Crippen LogP contribution in [-0.2, 0) is 4.79 Å². The second-order valence-corrected chi connectivity index (χ2v) is 6.73. The van der Waals surface area contributed by atoms with Gasteiger partial charge >= 0.3 is 0 Å². The van der Waals surface area contributed by atoms with Gasteiger partial charge in [-0.15, -0.1) is 0 Å². The zero-order valence-electron chi connectivity index (χ0n) is 12.8. The molecule has 0 aliphatic carbocycles. The van der Waals surface area contributed by atoms with Gasteiger partial charge < -0.3 is 5.32 Å². The summed E-state index contributed by atoms with van der Waals surface area (Å²) in [6, 6.07) is 3.68. The molecule has 1 saturated heterocycles. The van der Waals surface area contributed by atoms with Crippen LogP contribution in [-0.4, -0.2) is 38.6 Å². The molecular weight excluding hydrogens is 332 g/mol. The maximum Gasteiger partial charge on any atom is 0.267 e. The zero-order valence-corrected chi connectivity index (χ0v) is 14.4. The summed E-state index contributed by atoms with van der Waals surface area (Å²) >= 11 is 6.29. The number of pyridine rings is 1. The minimum Gasteiger partial charge on any atom is -0.372 e. The van der Waals surface area contributed by atoms with E-state index < -0.39 is 0 Å². The first-order valence-electron chi connectivity index (χ1n) is 6.85. The van der Waals surface area contributed by atoms with Gasteiger partial charge in [0.25, 0.3) is 11.5 Å². The molecule has 118 valence electrons. The average molecular weight is 346 g/mol. The Labute approximate surface area is 142 Å². The number of amides is 1. The van der Waals surface area contributed by atoms with Gasteiger partial charge in [-0.05, 0) is 24.6 Å². The Hall–Kier alpha value is -2.19. The molecule has 0 saturated carbocycles. The zero-order chi connectivity index (χ0) is 16.7. The van der Waals surface area contributed by atoms with Gasteiger partial charge in [-0.2, -0.15) is 0 Å². The maximum absolute atomic E-state index is 12.8. The van der Waals surface area contributed by atoms with Gasteiger partial charge in [-0.25, -0.2) is 4.98 Å². The Morgan fingerprint density at radius 3 is 2.74 bits per heavy atom. The molecule has 2 aromatic heterocycles. The number of carbonyl (C=O) groups excluding carboxylic acids is 1. The Kier molecular flexibility index (Phi) is 3.95. The average Bonchev–Trinajstić information content (AvgIpc) is 2.77. The lowest BCUT2D eigenvalue weighted by Gasteiger charge is -2.09. The Morgan fingerprint density at radius 2 is 2.13 bits per heavy atom. The van der Waals surface area contributed by atoms with Crippen LogP contribution in [0.2, 0.25) is 0 Å². The fraction of sp³-hybridized carbons (Fsp3) is 0.200. The molecule has 0 bridgehead atoms. The third-order valence-corrected chi connectivity index (χ3v) is 5.07. The topological polar surface area (TPSA) is 66.7 Å². The summed E-state index contributed by atoms with van der Waals surface area (Å²) in [5, 5.41) is 2.93. The van der Waals surface area contributed by atoms with Crippen LogP contribution in [0, 0.1) is 6.92 Å². The van der Waals surface area contributed by atoms with Crippen LogP contribution in [0.4, 0.5) is 5.82 Å². The van der Waals surface area contributed by atoms with E-state index in [1.807, 2.05) is 13.0 Å². The number of hydrogen-bond acceptors (Lipinski definition) is 6. The number of nitrogens with one attached hydrogen (secondary N) is 1. The van der Waals surface area contributed by atoms with E-state index in [1.54, 1.807) is 32.4 Å². The molecule has 1 aliphatic heterocycles. The minimum absolute atomic E-state index is 0.212. The molecule has 0 atom stereocenters. The van der Waals surface area contributed by atoms with Crippen molar-refractivity contribution in [2.24, 2.45) is 0 Å². The first-order chi connectivity index (χ1) is 10.9. The van der Waals surface area contributed by atoms with Gasteiger partial charge in [0.1, 0.15) is 15.8 Å². The van der Waals surface area contributed by atoms with Gasteiger partial charge in [0.2, 0.25) is 0 Å². The van der Waals surface area contributed by atoms with Crippen LogP contribution in [0.15, 0.2) is 28.0 Å². The number of anilines is 1. The Bertz CT molecular complexity index is 933. The summed E-state index contributed by atoms with van der Waals surface area (Å²) in [5.41, 5.74) is 1.59. The summed E-state index contributed by atoms with van der Waals surface area (Å²) in [6.45, 7) is 1.89. The molecule has 0 radical (unpaired) electrons. The smallest absolute Gasteiger partial charge is 0.267 e. The lowest BCUT2D eigenvalue weighted by molar-refractivity contribution is -0.121. The van der Waals surface area contributed by atoms with Crippen molar-refractivity contribution in [1.29, 1.82) is 0 Å². The number of aromatic nitrogens is 2. The molecule has 1 N–H and O–H groups in total. The number of thiocarbonyl (C=S) groups is 1. The van der Waals surface area contributed by atoms with E-state index in [9.17, 15) is 9.59 Å². The summed E-state index contributed by atoms with van der Waals surface area (Å²) < 4.78 is 1.95. The second-order valence-electron chi connectivity index (χ2n) is 5.05. The molecule has 0 spiro atoms. The van der Waals surface area contributed by atoms with Crippen molar-refractivity contribution in [1.82, 2.24) is 14.3 Å². The van der Waals surface area contributed by atoms with Crippen molar-refractivity contribution < 1.29 is 4.79 Å². The first kappa shape index (κ1) is 15.7. The molecule has 1 aliphatic rings. The van der Waals surface area contributed by atoms with Gasteiger partial charge in [-0.3, -0.25) is 18.9 Å². The molecule has 0 unspecified atom stereocenters. The molecular formula is C15H14N4O2S2. The number of nitrogens with zero attached hydrogens (tertiary/aromatic N) is 3. The number of likely N-dealkylation sites (N-methyl/N-ethyl adjacent to an activating group) is 1. The SMILES string of the molecule is CNc1nc2c(C)cccn2c(=O)c1/C=C1\SC(=S)N(C)C1=O. The van der Waals surface area contributed by atoms with E-state index >= 15 is 0 Å². The highest BCUT2D eigenvalue weighted by molar-refractivity contribution is 8.26. The second kappa shape index (κ2) is 5.78. The van der Waals surface area contributed by atoms with E-state index in [2.05, 4.69) is 10.3 Å². The summed E-state index contributed by atoms with van der Waals surface area (Å²) in [4.78, 5) is 31.2. The van der Waals surface area contributed by atoms with E-state index in [-0.39, 0.29) is 11.5 Å². The summed E-state index contributed by atoms with van der Waals surface area (Å²) in [6.07, 6.45) is 3.22. The molecule has 2 aromatic rings. The van der Waals surface area contributed by atoms with Crippen LogP contribution in [0.25, 0.3) is 11.7 Å². The lowest BCUT2D eigenvalue weighted by atomic mass is 10.2. The molecule has 8 heteroatoms. The number of aryl methyl sites for hydroxylation is 1. The Balaban J connectivity index is 2.26. The molecule has 6 nitrogen and oxygen atoms in total. The monoisotopic (exact) mass is 346 g/mol. The summed E-state index contributed by atoms with van der Waals surface area (Å²) in [5.74, 6) is 0.224. The normalized spacial score (nSPS) is 16.7. The van der Waals surface area contributed by atoms with E-state index in [4.69, 9.17) is 12.2 Å².